The SMILES string of the molecule is CC(=O)O[C@H](C)C[C@@H](NC(=O)OC(C)(C)C)c1ccccc1. The van der Waals surface area contributed by atoms with Crippen molar-refractivity contribution in [3.63, 3.8) is 0 Å². The van der Waals surface area contributed by atoms with Gasteiger partial charge in [-0.1, -0.05) is 30.3 Å². The van der Waals surface area contributed by atoms with Crippen molar-refractivity contribution in [2.45, 2.75) is 58.8 Å². The van der Waals surface area contributed by atoms with Gasteiger partial charge < -0.3 is 14.8 Å². The maximum absolute atomic E-state index is 12.0. The number of ether oxygens (including phenoxy) is 2. The van der Waals surface area contributed by atoms with E-state index in [1.165, 1.54) is 6.92 Å². The number of carbonyl (C=O) groups excluding carboxylic acids is 2. The third kappa shape index (κ3) is 7.11. The Morgan fingerprint density at radius 2 is 1.77 bits per heavy atom. The number of benzene rings is 1. The monoisotopic (exact) mass is 307 g/mol. The first-order valence-electron chi connectivity index (χ1n) is 7.39. The van der Waals surface area contributed by atoms with Crippen molar-refractivity contribution >= 4 is 12.1 Å². The summed E-state index contributed by atoms with van der Waals surface area (Å²) >= 11 is 0. The first-order chi connectivity index (χ1) is 10.2. The second-order valence-electron chi connectivity index (χ2n) is 6.27. The third-order valence-corrected chi connectivity index (χ3v) is 2.83. The largest absolute Gasteiger partial charge is 0.463 e. The Hall–Kier alpha value is -2.04. The molecule has 2 atom stereocenters. The maximum Gasteiger partial charge on any atom is 0.408 e. The lowest BCUT2D eigenvalue weighted by molar-refractivity contribution is -0.145. The van der Waals surface area contributed by atoms with Crippen LogP contribution in [0, 0.1) is 0 Å². The van der Waals surface area contributed by atoms with Crippen LogP contribution in [0.25, 0.3) is 0 Å². The van der Waals surface area contributed by atoms with Gasteiger partial charge in [-0.25, -0.2) is 4.79 Å². The van der Waals surface area contributed by atoms with E-state index in [0.29, 0.717) is 6.42 Å². The highest BCUT2D eigenvalue weighted by atomic mass is 16.6. The van der Waals surface area contributed by atoms with E-state index in [1.54, 1.807) is 6.92 Å². The lowest BCUT2D eigenvalue weighted by Crippen LogP contribution is -2.36. The summed E-state index contributed by atoms with van der Waals surface area (Å²) in [6, 6.07) is 9.25. The Kier molecular flexibility index (Phi) is 6.40. The minimum absolute atomic E-state index is 0.287. The van der Waals surface area contributed by atoms with Crippen molar-refractivity contribution in [3.8, 4) is 0 Å². The standard InChI is InChI=1S/C17H25NO4/c1-12(21-13(2)19)11-15(14-9-7-6-8-10-14)18-16(20)22-17(3,4)5/h6-10,12,15H,11H2,1-5H3,(H,18,20)/t12-,15-/m1/s1. The average molecular weight is 307 g/mol. The molecule has 0 saturated heterocycles. The van der Waals surface area contributed by atoms with Crippen LogP contribution in [0.15, 0.2) is 30.3 Å². The normalized spacial score (nSPS) is 13.9. The number of amides is 1. The van der Waals surface area contributed by atoms with Gasteiger partial charge in [-0.15, -0.1) is 0 Å². The summed E-state index contributed by atoms with van der Waals surface area (Å²) in [5, 5.41) is 2.84. The van der Waals surface area contributed by atoms with Gasteiger partial charge in [0.25, 0.3) is 0 Å². The van der Waals surface area contributed by atoms with Crippen LogP contribution >= 0.6 is 0 Å². The fraction of sp³-hybridized carbons (Fsp3) is 0.529. The molecule has 1 amide bonds. The van der Waals surface area contributed by atoms with E-state index in [0.717, 1.165) is 5.56 Å². The summed E-state index contributed by atoms with van der Waals surface area (Å²) in [6.07, 6.45) is -0.322. The highest BCUT2D eigenvalue weighted by Gasteiger charge is 2.22. The molecule has 122 valence electrons. The van der Waals surface area contributed by atoms with Crippen molar-refractivity contribution in [1.82, 2.24) is 5.32 Å². The summed E-state index contributed by atoms with van der Waals surface area (Å²) in [5.41, 5.74) is 0.375. The number of hydrogen-bond donors (Lipinski definition) is 1. The number of carbonyl (C=O) groups is 2. The molecule has 0 heterocycles. The highest BCUT2D eigenvalue weighted by Crippen LogP contribution is 2.20. The number of esters is 1. The molecule has 0 spiro atoms. The van der Waals surface area contributed by atoms with Crippen LogP contribution in [-0.4, -0.2) is 23.8 Å². The number of rotatable bonds is 5. The molecular formula is C17H25NO4. The summed E-state index contributed by atoms with van der Waals surface area (Å²) in [5.74, 6) is -0.337. The lowest BCUT2D eigenvalue weighted by Gasteiger charge is -2.25. The molecule has 5 nitrogen and oxygen atoms in total. The summed E-state index contributed by atoms with van der Waals surface area (Å²) < 4.78 is 10.4. The van der Waals surface area contributed by atoms with Crippen molar-refractivity contribution < 1.29 is 19.1 Å². The van der Waals surface area contributed by atoms with E-state index in [9.17, 15) is 9.59 Å². The van der Waals surface area contributed by atoms with Gasteiger partial charge in [-0.2, -0.15) is 0 Å². The Bertz CT molecular complexity index is 493. The molecule has 0 bridgehead atoms. The lowest BCUT2D eigenvalue weighted by atomic mass is 10.0. The van der Waals surface area contributed by atoms with Crippen LogP contribution < -0.4 is 5.32 Å². The smallest absolute Gasteiger partial charge is 0.408 e. The molecule has 1 aromatic carbocycles. The Morgan fingerprint density at radius 3 is 2.27 bits per heavy atom. The number of hydrogen-bond acceptors (Lipinski definition) is 4. The van der Waals surface area contributed by atoms with Gasteiger partial charge >= 0.3 is 12.1 Å². The van der Waals surface area contributed by atoms with Gasteiger partial charge in [0.05, 0.1) is 6.04 Å². The van der Waals surface area contributed by atoms with E-state index in [2.05, 4.69) is 5.32 Å². The zero-order chi connectivity index (χ0) is 16.8. The number of nitrogens with one attached hydrogen (secondary N) is 1. The third-order valence-electron chi connectivity index (χ3n) is 2.83. The van der Waals surface area contributed by atoms with Crippen LogP contribution in [0.2, 0.25) is 0 Å². The molecule has 0 unspecified atom stereocenters. The molecule has 0 aliphatic carbocycles. The summed E-state index contributed by atoms with van der Waals surface area (Å²) in [7, 11) is 0. The first kappa shape index (κ1) is 18.0. The van der Waals surface area contributed by atoms with E-state index in [4.69, 9.17) is 9.47 Å². The molecule has 0 radical (unpaired) electrons. The van der Waals surface area contributed by atoms with Crippen LogP contribution in [0.3, 0.4) is 0 Å². The zero-order valence-corrected chi connectivity index (χ0v) is 13.9. The maximum atomic E-state index is 12.0. The minimum atomic E-state index is -0.563. The molecule has 0 aromatic heterocycles. The second-order valence-corrected chi connectivity index (χ2v) is 6.27. The molecule has 5 heteroatoms. The Balaban J connectivity index is 2.79. The van der Waals surface area contributed by atoms with Crippen LogP contribution in [0.4, 0.5) is 4.79 Å². The summed E-state index contributed by atoms with van der Waals surface area (Å²) in [6.45, 7) is 8.60. The van der Waals surface area contributed by atoms with E-state index in [1.807, 2.05) is 51.1 Å². The molecule has 0 aliphatic heterocycles. The van der Waals surface area contributed by atoms with Gasteiger partial charge in [0.2, 0.25) is 0 Å². The summed E-state index contributed by atoms with van der Waals surface area (Å²) in [4.78, 5) is 23.1. The van der Waals surface area contributed by atoms with Crippen molar-refractivity contribution in [2.24, 2.45) is 0 Å². The van der Waals surface area contributed by atoms with Gasteiger partial charge in [-0.3, -0.25) is 4.79 Å². The predicted octanol–water partition coefficient (Wildman–Crippen LogP) is 3.59. The molecule has 1 rings (SSSR count). The van der Waals surface area contributed by atoms with Crippen molar-refractivity contribution in [3.05, 3.63) is 35.9 Å². The predicted molar refractivity (Wildman–Crippen MR) is 84.4 cm³/mol. The van der Waals surface area contributed by atoms with E-state index >= 15 is 0 Å². The van der Waals surface area contributed by atoms with Gasteiger partial charge in [0.15, 0.2) is 0 Å². The van der Waals surface area contributed by atoms with Crippen LogP contribution in [0.5, 0.6) is 0 Å². The van der Waals surface area contributed by atoms with Crippen molar-refractivity contribution in [1.29, 1.82) is 0 Å². The topological polar surface area (TPSA) is 64.6 Å². The fourth-order valence-corrected chi connectivity index (χ4v) is 2.08. The minimum Gasteiger partial charge on any atom is -0.463 e. The molecule has 0 fully saturated rings. The molecule has 0 aliphatic rings. The van der Waals surface area contributed by atoms with E-state index < -0.39 is 11.7 Å². The Labute approximate surface area is 132 Å². The molecule has 0 saturated carbocycles. The van der Waals surface area contributed by atoms with Gasteiger partial charge in [0, 0.05) is 13.3 Å². The molecule has 1 aromatic rings. The Morgan fingerprint density at radius 1 is 1.18 bits per heavy atom. The van der Waals surface area contributed by atoms with Gasteiger partial charge in [-0.05, 0) is 33.3 Å². The van der Waals surface area contributed by atoms with Crippen molar-refractivity contribution in [2.75, 3.05) is 0 Å². The zero-order valence-electron chi connectivity index (χ0n) is 13.9. The van der Waals surface area contributed by atoms with Crippen LogP contribution in [0.1, 0.15) is 52.6 Å². The quantitative estimate of drug-likeness (QED) is 0.844. The highest BCUT2D eigenvalue weighted by molar-refractivity contribution is 5.68. The second kappa shape index (κ2) is 7.82. The average Bonchev–Trinajstić information content (AvgIpc) is 2.35. The molecule has 22 heavy (non-hydrogen) atoms. The van der Waals surface area contributed by atoms with Crippen LogP contribution in [-0.2, 0) is 14.3 Å². The number of alkyl carbamates (subject to hydrolysis) is 1. The molecular weight excluding hydrogens is 282 g/mol. The molecule has 1 N–H and O–H groups in total. The van der Waals surface area contributed by atoms with E-state index in [-0.39, 0.29) is 18.1 Å². The fourth-order valence-electron chi connectivity index (χ4n) is 2.08. The van der Waals surface area contributed by atoms with Gasteiger partial charge in [0.1, 0.15) is 11.7 Å². The first-order valence-corrected chi connectivity index (χ1v) is 7.39.